The van der Waals surface area contributed by atoms with Gasteiger partial charge in [-0.05, 0) is 50.4 Å². The number of hydrogen-bond acceptors (Lipinski definition) is 5. The number of esters is 1. The SMILES string of the molecule is CC(=O)c1cccc(NC(=O)COC(=O)c2cc(C)n(Cc3cccs3)c2C)c1. The molecule has 0 bridgehead atoms. The Bertz CT molecular complexity index is 1050. The normalized spacial score (nSPS) is 10.6. The number of amides is 1. The molecule has 150 valence electrons. The second-order valence-corrected chi connectivity index (χ2v) is 7.74. The van der Waals surface area contributed by atoms with Gasteiger partial charge in [-0.25, -0.2) is 4.79 Å². The van der Waals surface area contributed by atoms with Gasteiger partial charge in [0.2, 0.25) is 0 Å². The number of aromatic nitrogens is 1. The molecule has 0 atom stereocenters. The van der Waals surface area contributed by atoms with Crippen LogP contribution in [0.5, 0.6) is 0 Å². The van der Waals surface area contributed by atoms with Gasteiger partial charge in [-0.3, -0.25) is 9.59 Å². The molecule has 2 heterocycles. The van der Waals surface area contributed by atoms with Crippen LogP contribution in [0.25, 0.3) is 0 Å². The van der Waals surface area contributed by atoms with Gasteiger partial charge in [-0.1, -0.05) is 18.2 Å². The molecule has 29 heavy (non-hydrogen) atoms. The summed E-state index contributed by atoms with van der Waals surface area (Å²) in [5.41, 5.74) is 3.18. The Morgan fingerprint density at radius 3 is 2.59 bits per heavy atom. The summed E-state index contributed by atoms with van der Waals surface area (Å²) in [4.78, 5) is 37.2. The first-order valence-corrected chi connectivity index (χ1v) is 10.00. The molecule has 0 radical (unpaired) electrons. The van der Waals surface area contributed by atoms with Crippen molar-refractivity contribution < 1.29 is 19.1 Å². The zero-order valence-electron chi connectivity index (χ0n) is 16.5. The number of nitrogens with zero attached hydrogens (tertiary/aromatic N) is 1. The molecule has 1 amide bonds. The maximum atomic E-state index is 12.5. The van der Waals surface area contributed by atoms with Crippen LogP contribution in [0.1, 0.15) is 43.9 Å². The second kappa shape index (κ2) is 8.87. The highest BCUT2D eigenvalue weighted by Gasteiger charge is 2.18. The first-order chi connectivity index (χ1) is 13.8. The summed E-state index contributed by atoms with van der Waals surface area (Å²) in [5.74, 6) is -1.10. The van der Waals surface area contributed by atoms with E-state index in [4.69, 9.17) is 4.74 Å². The molecule has 1 N–H and O–H groups in total. The average Bonchev–Trinajstić information content (AvgIpc) is 3.30. The number of hydrogen-bond donors (Lipinski definition) is 1. The van der Waals surface area contributed by atoms with Gasteiger partial charge in [-0.2, -0.15) is 0 Å². The van der Waals surface area contributed by atoms with Crippen LogP contribution in [-0.2, 0) is 16.1 Å². The van der Waals surface area contributed by atoms with Crippen LogP contribution < -0.4 is 5.32 Å². The van der Waals surface area contributed by atoms with Gasteiger partial charge in [0.25, 0.3) is 5.91 Å². The lowest BCUT2D eigenvalue weighted by Crippen LogP contribution is -2.21. The molecule has 1 aromatic carbocycles. The first kappa shape index (κ1) is 20.5. The van der Waals surface area contributed by atoms with E-state index in [0.29, 0.717) is 23.4 Å². The van der Waals surface area contributed by atoms with E-state index in [1.807, 2.05) is 31.4 Å². The minimum absolute atomic E-state index is 0.0922. The fourth-order valence-electron chi connectivity index (χ4n) is 3.03. The van der Waals surface area contributed by atoms with Crippen molar-refractivity contribution in [1.29, 1.82) is 0 Å². The van der Waals surface area contributed by atoms with E-state index in [-0.39, 0.29) is 5.78 Å². The molecule has 0 spiro atoms. The Morgan fingerprint density at radius 1 is 1.10 bits per heavy atom. The van der Waals surface area contributed by atoms with E-state index in [0.717, 1.165) is 11.4 Å². The Morgan fingerprint density at radius 2 is 1.90 bits per heavy atom. The number of Topliss-reactive ketones (excluding diaryl/α,β-unsaturated/α-hetero) is 1. The lowest BCUT2D eigenvalue weighted by atomic mass is 10.1. The van der Waals surface area contributed by atoms with Crippen LogP contribution >= 0.6 is 11.3 Å². The highest BCUT2D eigenvalue weighted by atomic mass is 32.1. The maximum Gasteiger partial charge on any atom is 0.340 e. The predicted molar refractivity (Wildman–Crippen MR) is 113 cm³/mol. The van der Waals surface area contributed by atoms with Gasteiger partial charge in [0.05, 0.1) is 12.1 Å². The molecule has 0 fully saturated rings. The van der Waals surface area contributed by atoms with Crippen LogP contribution in [0, 0.1) is 13.8 Å². The number of ketones is 1. The molecule has 3 aromatic rings. The summed E-state index contributed by atoms with van der Waals surface area (Å²) in [5, 5.41) is 4.65. The van der Waals surface area contributed by atoms with Crippen molar-refractivity contribution in [3.05, 3.63) is 75.2 Å². The molecule has 0 aliphatic rings. The van der Waals surface area contributed by atoms with Crippen molar-refractivity contribution in [3.63, 3.8) is 0 Å². The molecule has 2 aromatic heterocycles. The van der Waals surface area contributed by atoms with E-state index in [9.17, 15) is 14.4 Å². The number of rotatable bonds is 7. The monoisotopic (exact) mass is 410 g/mol. The third-order valence-corrected chi connectivity index (χ3v) is 5.44. The van der Waals surface area contributed by atoms with Gasteiger partial charge in [0, 0.05) is 27.5 Å². The number of carbonyl (C=O) groups excluding carboxylic acids is 3. The Labute approximate surface area is 173 Å². The van der Waals surface area contributed by atoms with Crippen molar-refractivity contribution in [2.45, 2.75) is 27.3 Å². The Hall–Kier alpha value is -3.19. The van der Waals surface area contributed by atoms with E-state index >= 15 is 0 Å². The molecule has 3 rings (SSSR count). The van der Waals surface area contributed by atoms with E-state index in [1.54, 1.807) is 41.7 Å². The molecule has 0 saturated carbocycles. The minimum Gasteiger partial charge on any atom is -0.452 e. The molecular formula is C22H22N2O4S. The third kappa shape index (κ3) is 5.00. The summed E-state index contributed by atoms with van der Waals surface area (Å²) in [6, 6.07) is 12.4. The van der Waals surface area contributed by atoms with Gasteiger partial charge in [0.15, 0.2) is 12.4 Å². The van der Waals surface area contributed by atoms with Gasteiger partial charge < -0.3 is 14.6 Å². The van der Waals surface area contributed by atoms with Crippen molar-refractivity contribution in [2.24, 2.45) is 0 Å². The van der Waals surface area contributed by atoms with Gasteiger partial charge in [-0.15, -0.1) is 11.3 Å². The van der Waals surface area contributed by atoms with Crippen LogP contribution in [-0.4, -0.2) is 28.8 Å². The molecule has 0 saturated heterocycles. The molecule has 0 aliphatic carbocycles. The van der Waals surface area contributed by atoms with Gasteiger partial charge in [0.1, 0.15) is 0 Å². The summed E-state index contributed by atoms with van der Waals surface area (Å²) in [6.07, 6.45) is 0. The number of aryl methyl sites for hydroxylation is 1. The Kier molecular flexibility index (Phi) is 6.29. The lowest BCUT2D eigenvalue weighted by Gasteiger charge is -2.09. The Balaban J connectivity index is 1.61. The molecular weight excluding hydrogens is 388 g/mol. The third-order valence-electron chi connectivity index (χ3n) is 4.57. The lowest BCUT2D eigenvalue weighted by molar-refractivity contribution is -0.119. The number of carbonyl (C=O) groups is 3. The first-order valence-electron chi connectivity index (χ1n) is 9.12. The van der Waals surface area contributed by atoms with Crippen LogP contribution in [0.3, 0.4) is 0 Å². The smallest absolute Gasteiger partial charge is 0.340 e. The minimum atomic E-state index is -0.539. The second-order valence-electron chi connectivity index (χ2n) is 6.71. The fraction of sp³-hybridized carbons (Fsp3) is 0.227. The van der Waals surface area contributed by atoms with E-state index in [1.165, 1.54) is 11.8 Å². The highest BCUT2D eigenvalue weighted by Crippen LogP contribution is 2.20. The zero-order chi connectivity index (χ0) is 21.0. The number of nitrogens with one attached hydrogen (secondary N) is 1. The number of thiophene rings is 1. The molecule has 0 unspecified atom stereocenters. The molecule has 6 nitrogen and oxygen atoms in total. The maximum absolute atomic E-state index is 12.5. The molecule has 7 heteroatoms. The topological polar surface area (TPSA) is 77.4 Å². The summed E-state index contributed by atoms with van der Waals surface area (Å²) < 4.78 is 7.25. The largest absolute Gasteiger partial charge is 0.452 e. The van der Waals surface area contributed by atoms with Crippen molar-refractivity contribution in [3.8, 4) is 0 Å². The standard InChI is InChI=1S/C22H22N2O4S/c1-14-10-20(15(2)24(14)12-19-8-5-9-29-19)22(27)28-13-21(26)23-18-7-4-6-17(11-18)16(3)25/h4-11H,12-13H2,1-3H3,(H,23,26). The summed E-state index contributed by atoms with van der Waals surface area (Å²) >= 11 is 1.66. The quantitative estimate of drug-likeness (QED) is 0.467. The fourth-order valence-corrected chi connectivity index (χ4v) is 3.72. The van der Waals surface area contributed by atoms with Crippen molar-refractivity contribution >= 4 is 34.7 Å². The highest BCUT2D eigenvalue weighted by molar-refractivity contribution is 7.09. The van der Waals surface area contributed by atoms with Crippen LogP contribution in [0.15, 0.2) is 47.8 Å². The van der Waals surface area contributed by atoms with E-state index < -0.39 is 18.5 Å². The van der Waals surface area contributed by atoms with Gasteiger partial charge >= 0.3 is 5.97 Å². The molecule has 0 aliphatic heterocycles. The van der Waals surface area contributed by atoms with Crippen molar-refractivity contribution in [2.75, 3.05) is 11.9 Å². The zero-order valence-corrected chi connectivity index (χ0v) is 17.3. The number of benzene rings is 1. The van der Waals surface area contributed by atoms with Crippen LogP contribution in [0.4, 0.5) is 5.69 Å². The number of anilines is 1. The number of ether oxygens (including phenoxy) is 1. The van der Waals surface area contributed by atoms with E-state index in [2.05, 4.69) is 9.88 Å². The van der Waals surface area contributed by atoms with Crippen LogP contribution in [0.2, 0.25) is 0 Å². The van der Waals surface area contributed by atoms with Crippen molar-refractivity contribution in [1.82, 2.24) is 4.57 Å². The average molecular weight is 410 g/mol. The summed E-state index contributed by atoms with van der Waals surface area (Å²) in [6.45, 7) is 5.54. The summed E-state index contributed by atoms with van der Waals surface area (Å²) in [7, 11) is 0. The predicted octanol–water partition coefficient (Wildman–Crippen LogP) is 4.21.